The summed E-state index contributed by atoms with van der Waals surface area (Å²) < 4.78 is 5.34. The Morgan fingerprint density at radius 1 is 0.848 bits per heavy atom. The number of ether oxygens (including phenoxy) is 1. The van der Waals surface area contributed by atoms with Crippen molar-refractivity contribution in [1.82, 2.24) is 15.0 Å². The second-order valence-corrected chi connectivity index (χ2v) is 9.51. The molecule has 0 bridgehead atoms. The lowest BCUT2D eigenvalue weighted by Crippen LogP contribution is -2.54. The maximum Gasteiger partial charge on any atom is 0.328 e. The van der Waals surface area contributed by atoms with Crippen LogP contribution in [0.5, 0.6) is 0 Å². The van der Waals surface area contributed by atoms with Crippen molar-refractivity contribution in [1.29, 1.82) is 0 Å². The first-order valence-corrected chi connectivity index (χ1v) is 12.1. The van der Waals surface area contributed by atoms with Crippen LogP contribution in [-0.4, -0.2) is 90.5 Å². The highest BCUT2D eigenvalue weighted by molar-refractivity contribution is 5.79. The molecule has 3 fully saturated rings. The maximum atomic E-state index is 12.7. The highest BCUT2D eigenvalue weighted by Gasteiger charge is 2.34. The van der Waals surface area contributed by atoms with Gasteiger partial charge in [0.15, 0.2) is 0 Å². The van der Waals surface area contributed by atoms with Gasteiger partial charge in [0.1, 0.15) is 6.04 Å². The number of hydrogen-bond donors (Lipinski definition) is 4. The molecule has 12 nitrogen and oxygen atoms in total. The average molecular weight is 463 g/mol. The first-order valence-electron chi connectivity index (χ1n) is 12.1. The van der Waals surface area contributed by atoms with Crippen molar-refractivity contribution in [3.63, 3.8) is 0 Å². The van der Waals surface area contributed by atoms with Crippen LogP contribution < -0.4 is 37.6 Å². The Balaban J connectivity index is 1.71. The van der Waals surface area contributed by atoms with Crippen LogP contribution in [0.2, 0.25) is 0 Å². The Morgan fingerprint density at radius 3 is 1.82 bits per heavy atom. The van der Waals surface area contributed by atoms with Gasteiger partial charge in [0.05, 0.1) is 6.61 Å². The van der Waals surface area contributed by atoms with Crippen molar-refractivity contribution in [3.8, 4) is 0 Å². The smallest absolute Gasteiger partial charge is 0.328 e. The number of carbonyl (C=O) groups excluding carboxylic acids is 1. The van der Waals surface area contributed by atoms with Gasteiger partial charge in [-0.05, 0) is 39.0 Å². The van der Waals surface area contributed by atoms with Crippen molar-refractivity contribution in [2.45, 2.75) is 69.2 Å². The van der Waals surface area contributed by atoms with Crippen LogP contribution in [0.15, 0.2) is 0 Å². The molecule has 1 unspecified atom stereocenters. The van der Waals surface area contributed by atoms with Gasteiger partial charge in [-0.3, -0.25) is 0 Å². The SMILES string of the molecule is CCOC(=O)C1CCCCN1c1nc(N2C[C@H](N)C[C@H](N)C2)nc(N2C[C@H](N)C[C@H](N)C2)n1. The summed E-state index contributed by atoms with van der Waals surface area (Å²) in [5, 5.41) is 0. The Morgan fingerprint density at radius 2 is 1.33 bits per heavy atom. The molecule has 33 heavy (non-hydrogen) atoms. The third-order valence-corrected chi connectivity index (χ3v) is 6.51. The molecule has 12 heteroatoms. The van der Waals surface area contributed by atoms with E-state index in [2.05, 4.69) is 0 Å². The van der Waals surface area contributed by atoms with Gasteiger partial charge in [0.25, 0.3) is 0 Å². The van der Waals surface area contributed by atoms with Crippen LogP contribution in [0.3, 0.4) is 0 Å². The molecular formula is C21H38N10O2. The summed E-state index contributed by atoms with van der Waals surface area (Å²) in [6.07, 6.45) is 4.12. The molecule has 184 valence electrons. The summed E-state index contributed by atoms with van der Waals surface area (Å²) in [6, 6.07) is -0.653. The Kier molecular flexibility index (Phi) is 7.47. The monoisotopic (exact) mass is 462 g/mol. The van der Waals surface area contributed by atoms with E-state index >= 15 is 0 Å². The zero-order valence-electron chi connectivity index (χ0n) is 19.5. The molecular weight excluding hydrogens is 424 g/mol. The van der Waals surface area contributed by atoms with E-state index in [1.807, 2.05) is 21.6 Å². The van der Waals surface area contributed by atoms with E-state index < -0.39 is 6.04 Å². The number of nitrogens with zero attached hydrogens (tertiary/aromatic N) is 6. The molecule has 1 aromatic rings. The summed E-state index contributed by atoms with van der Waals surface area (Å²) in [7, 11) is 0. The number of hydrogen-bond acceptors (Lipinski definition) is 12. The van der Waals surface area contributed by atoms with Crippen LogP contribution in [0.1, 0.15) is 39.0 Å². The second-order valence-electron chi connectivity index (χ2n) is 9.51. The lowest BCUT2D eigenvalue weighted by molar-refractivity contribution is -0.145. The maximum absolute atomic E-state index is 12.7. The van der Waals surface area contributed by atoms with E-state index in [0.29, 0.717) is 63.6 Å². The molecule has 4 heterocycles. The molecule has 0 spiro atoms. The van der Waals surface area contributed by atoms with Gasteiger partial charge in [-0.25, -0.2) is 4.79 Å². The van der Waals surface area contributed by atoms with E-state index in [0.717, 1.165) is 25.7 Å². The van der Waals surface area contributed by atoms with Crippen LogP contribution in [0.4, 0.5) is 17.8 Å². The summed E-state index contributed by atoms with van der Waals surface area (Å²) in [6.45, 7) is 5.26. The number of rotatable bonds is 5. The van der Waals surface area contributed by atoms with Crippen LogP contribution >= 0.6 is 0 Å². The Labute approximate surface area is 195 Å². The molecule has 4 rings (SSSR count). The molecule has 8 N–H and O–H groups in total. The van der Waals surface area contributed by atoms with Gasteiger partial charge in [0.2, 0.25) is 17.8 Å². The van der Waals surface area contributed by atoms with Gasteiger partial charge in [-0.1, -0.05) is 0 Å². The quantitative estimate of drug-likeness (QED) is 0.374. The number of esters is 1. The van der Waals surface area contributed by atoms with Gasteiger partial charge < -0.3 is 42.4 Å². The normalized spacial score (nSPS) is 30.9. The van der Waals surface area contributed by atoms with Gasteiger partial charge >= 0.3 is 5.97 Å². The molecule has 3 aliphatic rings. The van der Waals surface area contributed by atoms with Crippen LogP contribution in [0.25, 0.3) is 0 Å². The van der Waals surface area contributed by atoms with E-state index in [1.54, 1.807) is 0 Å². The lowest BCUT2D eigenvalue weighted by atomic mass is 10.0. The second kappa shape index (κ2) is 10.3. The molecule has 0 saturated carbocycles. The van der Waals surface area contributed by atoms with Gasteiger partial charge in [-0.15, -0.1) is 0 Å². The minimum absolute atomic E-state index is 0.0588. The largest absolute Gasteiger partial charge is 0.464 e. The number of anilines is 3. The Hall–Kier alpha value is -2.28. The third-order valence-electron chi connectivity index (χ3n) is 6.51. The fraction of sp³-hybridized carbons (Fsp3) is 0.810. The van der Waals surface area contributed by atoms with Crippen LogP contribution in [-0.2, 0) is 9.53 Å². The molecule has 0 radical (unpaired) electrons. The number of aromatic nitrogens is 3. The Bertz CT molecular complexity index is 762. The summed E-state index contributed by atoms with van der Waals surface area (Å²) in [4.78, 5) is 33.1. The van der Waals surface area contributed by atoms with E-state index in [1.165, 1.54) is 0 Å². The fourth-order valence-corrected chi connectivity index (χ4v) is 5.09. The fourth-order valence-electron chi connectivity index (χ4n) is 5.09. The van der Waals surface area contributed by atoms with E-state index in [4.69, 9.17) is 42.6 Å². The molecule has 5 atom stereocenters. The standard InChI is InChI=1S/C21H38N10O2/c1-2-33-18(32)17-5-3-4-6-31(17)21-27-19(29-9-13(22)7-14(23)10-29)26-20(28-21)30-11-15(24)8-16(25)12-30/h13-17H,2-12,22-25H2,1H3/t13-,14+,15-,16+,17?. The predicted octanol–water partition coefficient (Wildman–Crippen LogP) is -1.48. The molecule has 0 aromatic carbocycles. The van der Waals surface area contributed by atoms with Crippen molar-refractivity contribution in [3.05, 3.63) is 0 Å². The minimum atomic E-state index is -0.418. The first-order chi connectivity index (χ1) is 15.8. The average Bonchev–Trinajstić information content (AvgIpc) is 2.77. The topological polar surface area (TPSA) is 179 Å². The zero-order valence-corrected chi connectivity index (χ0v) is 19.5. The minimum Gasteiger partial charge on any atom is -0.464 e. The summed E-state index contributed by atoms with van der Waals surface area (Å²) >= 11 is 0. The summed E-state index contributed by atoms with van der Waals surface area (Å²) in [5.74, 6) is 1.25. The van der Waals surface area contributed by atoms with Crippen molar-refractivity contribution in [2.24, 2.45) is 22.9 Å². The molecule has 1 aromatic heterocycles. The van der Waals surface area contributed by atoms with Crippen LogP contribution in [0, 0.1) is 0 Å². The molecule has 3 aliphatic heterocycles. The molecule has 0 amide bonds. The predicted molar refractivity (Wildman–Crippen MR) is 127 cm³/mol. The zero-order chi connectivity index (χ0) is 23.5. The first kappa shape index (κ1) is 23.9. The number of carbonyl (C=O) groups is 1. The molecule has 3 saturated heterocycles. The van der Waals surface area contributed by atoms with E-state index in [9.17, 15) is 4.79 Å². The number of piperidine rings is 3. The highest BCUT2D eigenvalue weighted by Crippen LogP contribution is 2.28. The van der Waals surface area contributed by atoms with Crippen molar-refractivity contribution in [2.75, 3.05) is 54.0 Å². The number of nitrogens with two attached hydrogens (primary N) is 4. The third kappa shape index (κ3) is 5.62. The van der Waals surface area contributed by atoms with Gasteiger partial charge in [-0.2, -0.15) is 15.0 Å². The van der Waals surface area contributed by atoms with Crippen molar-refractivity contribution >= 4 is 23.8 Å². The highest BCUT2D eigenvalue weighted by atomic mass is 16.5. The molecule has 0 aliphatic carbocycles. The lowest BCUT2D eigenvalue weighted by Gasteiger charge is -2.38. The van der Waals surface area contributed by atoms with E-state index in [-0.39, 0.29) is 30.1 Å². The van der Waals surface area contributed by atoms with Crippen molar-refractivity contribution < 1.29 is 9.53 Å². The van der Waals surface area contributed by atoms with Gasteiger partial charge in [0, 0.05) is 56.9 Å². The summed E-state index contributed by atoms with van der Waals surface area (Å²) in [5.41, 5.74) is 25.0.